The zero-order chi connectivity index (χ0) is 18.3. The van der Waals surface area contributed by atoms with E-state index in [2.05, 4.69) is 10.4 Å². The first-order valence-electron chi connectivity index (χ1n) is 7.85. The van der Waals surface area contributed by atoms with Gasteiger partial charge >= 0.3 is 0 Å². The minimum atomic E-state index is -0.826. The molecule has 1 aliphatic heterocycles. The smallest absolute Gasteiger partial charge is 0.229 e. The molecule has 2 heterocycles. The topological polar surface area (TPSA) is 67.2 Å². The molecule has 0 saturated carbocycles. The molecule has 0 aliphatic carbocycles. The Kier molecular flexibility index (Phi) is 4.28. The van der Waals surface area contributed by atoms with Crippen molar-refractivity contribution in [3.05, 3.63) is 41.2 Å². The molecule has 25 heavy (non-hydrogen) atoms. The van der Waals surface area contributed by atoms with E-state index in [9.17, 15) is 18.4 Å². The summed E-state index contributed by atoms with van der Waals surface area (Å²) >= 11 is 0. The molecule has 1 atom stereocenters. The molecule has 0 bridgehead atoms. The lowest BCUT2D eigenvalue weighted by molar-refractivity contribution is -0.122. The highest BCUT2D eigenvalue weighted by Crippen LogP contribution is 2.30. The van der Waals surface area contributed by atoms with Crippen LogP contribution in [0.4, 0.5) is 20.2 Å². The summed E-state index contributed by atoms with van der Waals surface area (Å²) in [5, 5.41) is 6.99. The molecule has 132 valence electrons. The van der Waals surface area contributed by atoms with Gasteiger partial charge in [0.2, 0.25) is 11.8 Å². The number of carbonyl (C=O) groups is 2. The summed E-state index contributed by atoms with van der Waals surface area (Å²) in [5.41, 5.74) is 1.63. The van der Waals surface area contributed by atoms with E-state index in [1.54, 1.807) is 18.7 Å². The average Bonchev–Trinajstić information content (AvgIpc) is 3.03. The van der Waals surface area contributed by atoms with Gasteiger partial charge in [-0.15, -0.1) is 0 Å². The molecule has 1 aromatic heterocycles. The van der Waals surface area contributed by atoms with Crippen molar-refractivity contribution in [3.8, 4) is 0 Å². The van der Waals surface area contributed by atoms with Crippen molar-refractivity contribution in [2.45, 2.75) is 20.3 Å². The summed E-state index contributed by atoms with van der Waals surface area (Å²) < 4.78 is 29.5. The number of anilines is 2. The Morgan fingerprint density at radius 3 is 2.48 bits per heavy atom. The van der Waals surface area contributed by atoms with E-state index in [0.717, 1.165) is 22.7 Å². The third-order valence-corrected chi connectivity index (χ3v) is 4.46. The molecule has 3 rings (SSSR count). The number of para-hydroxylation sites is 1. The molecule has 1 aromatic carbocycles. The van der Waals surface area contributed by atoms with Crippen LogP contribution in [-0.4, -0.2) is 28.1 Å². The van der Waals surface area contributed by atoms with E-state index in [4.69, 9.17) is 0 Å². The van der Waals surface area contributed by atoms with Crippen molar-refractivity contribution in [2.75, 3.05) is 16.8 Å². The fraction of sp³-hybridized carbons (Fsp3) is 0.353. The highest BCUT2D eigenvalue weighted by atomic mass is 19.1. The molecule has 2 amide bonds. The average molecular weight is 348 g/mol. The first-order chi connectivity index (χ1) is 11.8. The second-order valence-corrected chi connectivity index (χ2v) is 6.13. The molecule has 0 spiro atoms. The van der Waals surface area contributed by atoms with Crippen molar-refractivity contribution in [1.82, 2.24) is 9.78 Å². The van der Waals surface area contributed by atoms with Crippen LogP contribution in [0.5, 0.6) is 0 Å². The zero-order valence-corrected chi connectivity index (χ0v) is 14.1. The number of hydrogen-bond donors (Lipinski definition) is 1. The molecular weight excluding hydrogens is 330 g/mol. The maximum absolute atomic E-state index is 13.9. The number of aryl methyl sites for hydroxylation is 2. The van der Waals surface area contributed by atoms with Gasteiger partial charge in [-0.05, 0) is 26.0 Å². The molecule has 0 radical (unpaired) electrons. The molecule has 1 aliphatic rings. The van der Waals surface area contributed by atoms with Crippen LogP contribution in [-0.2, 0) is 16.6 Å². The highest BCUT2D eigenvalue weighted by Gasteiger charge is 2.37. The number of amides is 2. The van der Waals surface area contributed by atoms with E-state index in [1.807, 2.05) is 6.92 Å². The Labute approximate surface area is 143 Å². The molecule has 1 fully saturated rings. The monoisotopic (exact) mass is 348 g/mol. The van der Waals surface area contributed by atoms with E-state index in [0.29, 0.717) is 11.4 Å². The fourth-order valence-corrected chi connectivity index (χ4v) is 3.03. The number of benzene rings is 1. The maximum Gasteiger partial charge on any atom is 0.229 e. The Morgan fingerprint density at radius 2 is 1.92 bits per heavy atom. The van der Waals surface area contributed by atoms with Gasteiger partial charge < -0.3 is 10.2 Å². The Morgan fingerprint density at radius 1 is 1.28 bits per heavy atom. The lowest BCUT2D eigenvalue weighted by atomic mass is 10.1. The predicted molar refractivity (Wildman–Crippen MR) is 88.1 cm³/mol. The Bertz CT molecular complexity index is 842. The van der Waals surface area contributed by atoms with E-state index < -0.39 is 29.1 Å². The number of halogens is 2. The van der Waals surface area contributed by atoms with E-state index >= 15 is 0 Å². The summed E-state index contributed by atoms with van der Waals surface area (Å²) in [6, 6.07) is 3.40. The van der Waals surface area contributed by atoms with Crippen LogP contribution < -0.4 is 10.2 Å². The molecule has 1 saturated heterocycles. The Balaban J connectivity index is 1.79. The minimum absolute atomic E-state index is 0.0686. The first kappa shape index (κ1) is 17.1. The van der Waals surface area contributed by atoms with Crippen LogP contribution in [0.25, 0.3) is 0 Å². The lowest BCUT2D eigenvalue weighted by Crippen LogP contribution is -2.29. The number of aromatic nitrogens is 2. The van der Waals surface area contributed by atoms with Gasteiger partial charge in [-0.2, -0.15) is 5.10 Å². The predicted octanol–water partition coefficient (Wildman–Crippen LogP) is 2.31. The third-order valence-electron chi connectivity index (χ3n) is 4.46. The van der Waals surface area contributed by atoms with Crippen LogP contribution in [0.2, 0.25) is 0 Å². The van der Waals surface area contributed by atoms with Gasteiger partial charge in [0.1, 0.15) is 17.3 Å². The molecule has 1 unspecified atom stereocenters. The van der Waals surface area contributed by atoms with Gasteiger partial charge in [0.05, 0.1) is 23.0 Å². The zero-order valence-electron chi connectivity index (χ0n) is 14.1. The number of hydrogen-bond acceptors (Lipinski definition) is 3. The Hall–Kier alpha value is -2.77. The second-order valence-electron chi connectivity index (χ2n) is 6.13. The molecule has 1 N–H and O–H groups in total. The van der Waals surface area contributed by atoms with Gasteiger partial charge in [-0.25, -0.2) is 8.78 Å². The van der Waals surface area contributed by atoms with Crippen molar-refractivity contribution in [2.24, 2.45) is 13.0 Å². The van der Waals surface area contributed by atoms with Crippen molar-refractivity contribution >= 4 is 23.2 Å². The molecule has 6 nitrogen and oxygen atoms in total. The molecule has 8 heteroatoms. The largest absolute Gasteiger partial charge is 0.323 e. The molecule has 2 aromatic rings. The lowest BCUT2D eigenvalue weighted by Gasteiger charge is -2.18. The second kappa shape index (κ2) is 6.27. The van der Waals surface area contributed by atoms with Crippen molar-refractivity contribution in [3.63, 3.8) is 0 Å². The van der Waals surface area contributed by atoms with Gasteiger partial charge in [0.25, 0.3) is 0 Å². The SMILES string of the molecule is Cc1nn(C)c(C)c1NC(=O)C1CC(=O)N(c2c(F)cccc2F)C1. The van der Waals surface area contributed by atoms with Gasteiger partial charge in [-0.3, -0.25) is 14.3 Å². The van der Waals surface area contributed by atoms with Crippen LogP contribution in [0.1, 0.15) is 17.8 Å². The summed E-state index contributed by atoms with van der Waals surface area (Å²) in [6.07, 6.45) is -0.0992. The fourth-order valence-electron chi connectivity index (χ4n) is 3.03. The summed E-state index contributed by atoms with van der Waals surface area (Å²) in [4.78, 5) is 25.7. The normalized spacial score (nSPS) is 17.2. The maximum atomic E-state index is 13.9. The number of rotatable bonds is 3. The van der Waals surface area contributed by atoms with Crippen molar-refractivity contribution < 1.29 is 18.4 Å². The van der Waals surface area contributed by atoms with Crippen LogP contribution in [0.3, 0.4) is 0 Å². The first-order valence-corrected chi connectivity index (χ1v) is 7.85. The van der Waals surface area contributed by atoms with E-state index in [-0.39, 0.29) is 18.9 Å². The van der Waals surface area contributed by atoms with Crippen LogP contribution in [0, 0.1) is 31.4 Å². The minimum Gasteiger partial charge on any atom is -0.323 e. The van der Waals surface area contributed by atoms with Crippen LogP contribution >= 0.6 is 0 Å². The summed E-state index contributed by atoms with van der Waals surface area (Å²) in [5.74, 6) is -3.19. The van der Waals surface area contributed by atoms with Gasteiger partial charge in [-0.1, -0.05) is 6.07 Å². The number of nitrogens with zero attached hydrogens (tertiary/aromatic N) is 3. The standard InChI is InChI=1S/C17H18F2N4O2/c1-9-15(10(2)22(3)21-9)20-17(25)11-7-14(24)23(8-11)16-12(18)5-4-6-13(16)19/h4-6,11H,7-8H2,1-3H3,(H,20,25). The molecular formula is C17H18F2N4O2. The van der Waals surface area contributed by atoms with Crippen LogP contribution in [0.15, 0.2) is 18.2 Å². The van der Waals surface area contributed by atoms with Crippen molar-refractivity contribution in [1.29, 1.82) is 0 Å². The number of carbonyl (C=O) groups excluding carboxylic acids is 2. The van der Waals surface area contributed by atoms with Gasteiger partial charge in [0, 0.05) is 20.0 Å². The number of nitrogens with one attached hydrogen (secondary N) is 1. The highest BCUT2D eigenvalue weighted by molar-refractivity contribution is 6.03. The summed E-state index contributed by atoms with van der Waals surface area (Å²) in [6.45, 7) is 3.51. The third kappa shape index (κ3) is 2.99. The summed E-state index contributed by atoms with van der Waals surface area (Å²) in [7, 11) is 1.76. The van der Waals surface area contributed by atoms with E-state index in [1.165, 1.54) is 6.07 Å². The van der Waals surface area contributed by atoms with Gasteiger partial charge in [0.15, 0.2) is 0 Å². The quantitative estimate of drug-likeness (QED) is 0.926.